The van der Waals surface area contributed by atoms with Crippen molar-refractivity contribution in [2.45, 2.75) is 39.0 Å². The summed E-state index contributed by atoms with van der Waals surface area (Å²) in [5.41, 5.74) is 3.09. The van der Waals surface area contributed by atoms with Gasteiger partial charge in [-0.15, -0.1) is 0 Å². The van der Waals surface area contributed by atoms with Crippen LogP contribution in [0.25, 0.3) is 0 Å². The summed E-state index contributed by atoms with van der Waals surface area (Å²) >= 11 is 0. The van der Waals surface area contributed by atoms with E-state index in [0.29, 0.717) is 25.8 Å². The maximum Gasteiger partial charge on any atom is 0.224 e. The van der Waals surface area contributed by atoms with E-state index in [1.165, 1.54) is 0 Å². The molecule has 0 unspecified atom stereocenters. The summed E-state index contributed by atoms with van der Waals surface area (Å²) in [5, 5.41) is 2.84. The lowest BCUT2D eigenvalue weighted by molar-refractivity contribution is -0.116. The van der Waals surface area contributed by atoms with E-state index < -0.39 is 10.0 Å². The number of nitrogens with one attached hydrogen (secondary N) is 2. The first-order valence-corrected chi connectivity index (χ1v) is 9.04. The number of fused-ring (bicyclic) bond motifs is 1. The highest BCUT2D eigenvalue weighted by molar-refractivity contribution is 7.89. The number of rotatable bonds is 7. The minimum atomic E-state index is -3.15. The van der Waals surface area contributed by atoms with E-state index in [9.17, 15) is 13.2 Å². The van der Waals surface area contributed by atoms with Crippen molar-refractivity contribution in [2.75, 3.05) is 17.6 Å². The second-order valence-corrected chi connectivity index (χ2v) is 7.28. The molecule has 116 valence electrons. The van der Waals surface area contributed by atoms with Gasteiger partial charge >= 0.3 is 0 Å². The highest BCUT2D eigenvalue weighted by Crippen LogP contribution is 2.23. The Hall–Kier alpha value is -1.40. The van der Waals surface area contributed by atoms with Crippen LogP contribution in [0.15, 0.2) is 18.2 Å². The van der Waals surface area contributed by atoms with Crippen molar-refractivity contribution in [3.63, 3.8) is 0 Å². The van der Waals surface area contributed by atoms with Crippen molar-refractivity contribution in [2.24, 2.45) is 0 Å². The first-order valence-electron chi connectivity index (χ1n) is 7.39. The topological polar surface area (TPSA) is 75.3 Å². The van der Waals surface area contributed by atoms with Gasteiger partial charge in [-0.05, 0) is 36.5 Å². The highest BCUT2D eigenvalue weighted by Gasteiger charge is 2.15. The van der Waals surface area contributed by atoms with Crippen molar-refractivity contribution in [3.8, 4) is 0 Å². The molecule has 1 aromatic carbocycles. The van der Waals surface area contributed by atoms with E-state index in [1.54, 1.807) is 0 Å². The fourth-order valence-electron chi connectivity index (χ4n) is 2.35. The fourth-order valence-corrected chi connectivity index (χ4v) is 3.58. The summed E-state index contributed by atoms with van der Waals surface area (Å²) in [6.45, 7) is 2.39. The van der Waals surface area contributed by atoms with E-state index in [1.807, 2.05) is 19.1 Å². The lowest BCUT2D eigenvalue weighted by Crippen LogP contribution is -2.28. The molecule has 0 aliphatic carbocycles. The van der Waals surface area contributed by atoms with Gasteiger partial charge in [0, 0.05) is 18.7 Å². The summed E-state index contributed by atoms with van der Waals surface area (Å²) in [6, 6.07) is 5.88. The van der Waals surface area contributed by atoms with Crippen molar-refractivity contribution in [3.05, 3.63) is 29.3 Å². The third-order valence-electron chi connectivity index (χ3n) is 3.57. The Bertz CT molecular complexity index is 611. The van der Waals surface area contributed by atoms with Crippen LogP contribution in [0.1, 0.15) is 37.3 Å². The monoisotopic (exact) mass is 310 g/mol. The van der Waals surface area contributed by atoms with Gasteiger partial charge in [-0.1, -0.05) is 25.5 Å². The second kappa shape index (κ2) is 7.04. The van der Waals surface area contributed by atoms with Crippen LogP contribution in [0.4, 0.5) is 5.69 Å². The van der Waals surface area contributed by atoms with Gasteiger partial charge in [0.1, 0.15) is 0 Å². The average molecular weight is 310 g/mol. The van der Waals surface area contributed by atoms with Gasteiger partial charge in [-0.25, -0.2) is 13.1 Å². The van der Waals surface area contributed by atoms with Crippen LogP contribution in [0.5, 0.6) is 0 Å². The Morgan fingerprint density at radius 1 is 1.29 bits per heavy atom. The van der Waals surface area contributed by atoms with Crippen LogP contribution in [-0.2, 0) is 27.7 Å². The number of aryl methyl sites for hydroxylation is 1. The Morgan fingerprint density at radius 3 is 2.86 bits per heavy atom. The van der Waals surface area contributed by atoms with Gasteiger partial charge in [0.2, 0.25) is 15.9 Å². The number of unbranched alkanes of at least 4 members (excludes halogenated alkanes) is 1. The minimum Gasteiger partial charge on any atom is -0.326 e. The first kappa shape index (κ1) is 16.0. The molecule has 0 atom stereocenters. The number of carbonyl (C=O) groups is 1. The number of carbonyl (C=O) groups excluding carboxylic acids is 1. The summed E-state index contributed by atoms with van der Waals surface area (Å²) < 4.78 is 26.0. The molecule has 0 saturated heterocycles. The van der Waals surface area contributed by atoms with Crippen molar-refractivity contribution in [1.82, 2.24) is 4.72 Å². The zero-order chi connectivity index (χ0) is 15.3. The number of amides is 1. The number of anilines is 1. The fraction of sp³-hybridized carbons (Fsp3) is 0.533. The molecule has 6 heteroatoms. The van der Waals surface area contributed by atoms with Gasteiger partial charge in [0.05, 0.1) is 5.75 Å². The Balaban J connectivity index is 1.88. The normalized spacial score (nSPS) is 14.6. The maximum absolute atomic E-state index is 11.7. The zero-order valence-corrected chi connectivity index (χ0v) is 13.1. The molecule has 1 aliphatic rings. The highest BCUT2D eigenvalue weighted by atomic mass is 32.2. The molecule has 0 bridgehead atoms. The smallest absolute Gasteiger partial charge is 0.224 e. The maximum atomic E-state index is 11.7. The molecule has 2 N–H and O–H groups in total. The summed E-state index contributed by atoms with van der Waals surface area (Å²) in [6.07, 6.45) is 3.48. The third kappa shape index (κ3) is 4.82. The Morgan fingerprint density at radius 2 is 2.10 bits per heavy atom. The Labute approximate surface area is 126 Å². The second-order valence-electron chi connectivity index (χ2n) is 5.36. The number of sulfonamides is 1. The van der Waals surface area contributed by atoms with Crippen LogP contribution in [-0.4, -0.2) is 26.6 Å². The quantitative estimate of drug-likeness (QED) is 0.807. The SMILES string of the molecule is CCCCS(=O)(=O)NCCc1ccc2c(c1)CCC(=O)N2. The van der Waals surface area contributed by atoms with Crippen molar-refractivity contribution < 1.29 is 13.2 Å². The molecule has 1 amide bonds. The van der Waals surface area contributed by atoms with E-state index in [-0.39, 0.29) is 11.7 Å². The summed E-state index contributed by atoms with van der Waals surface area (Å²) in [7, 11) is -3.15. The lowest BCUT2D eigenvalue weighted by Gasteiger charge is -2.17. The van der Waals surface area contributed by atoms with Gasteiger partial charge < -0.3 is 5.32 Å². The molecule has 21 heavy (non-hydrogen) atoms. The summed E-state index contributed by atoms with van der Waals surface area (Å²) in [5.74, 6) is 0.249. The van der Waals surface area contributed by atoms with Crippen LogP contribution < -0.4 is 10.0 Å². The van der Waals surface area contributed by atoms with Crippen LogP contribution in [0, 0.1) is 0 Å². The van der Waals surface area contributed by atoms with Gasteiger partial charge in [0.25, 0.3) is 0 Å². The van der Waals surface area contributed by atoms with E-state index >= 15 is 0 Å². The molecule has 1 aliphatic heterocycles. The predicted octanol–water partition coefficient (Wildman–Crippen LogP) is 1.83. The number of benzene rings is 1. The molecule has 0 saturated carbocycles. The van der Waals surface area contributed by atoms with E-state index in [2.05, 4.69) is 16.1 Å². The number of hydrogen-bond acceptors (Lipinski definition) is 3. The molecule has 1 heterocycles. The van der Waals surface area contributed by atoms with Crippen LogP contribution in [0.3, 0.4) is 0 Å². The van der Waals surface area contributed by atoms with Crippen LogP contribution in [0.2, 0.25) is 0 Å². The standard InChI is InChI=1S/C15H22N2O3S/c1-2-3-10-21(19,20)16-9-8-12-4-6-14-13(11-12)5-7-15(18)17-14/h4,6,11,16H,2-3,5,7-10H2,1H3,(H,17,18). The minimum absolute atomic E-state index is 0.0546. The molecular formula is C15H22N2O3S. The predicted molar refractivity (Wildman–Crippen MR) is 83.8 cm³/mol. The zero-order valence-electron chi connectivity index (χ0n) is 12.3. The molecule has 0 aromatic heterocycles. The lowest BCUT2D eigenvalue weighted by atomic mass is 9.99. The Kier molecular flexibility index (Phi) is 5.36. The molecule has 0 radical (unpaired) electrons. The van der Waals surface area contributed by atoms with Gasteiger partial charge in [0.15, 0.2) is 0 Å². The van der Waals surface area contributed by atoms with Crippen molar-refractivity contribution in [1.29, 1.82) is 0 Å². The first-order chi connectivity index (χ1) is 10.00. The van der Waals surface area contributed by atoms with Gasteiger partial charge in [-0.3, -0.25) is 4.79 Å². The average Bonchev–Trinajstić information content (AvgIpc) is 2.45. The molecule has 1 aromatic rings. The molecular weight excluding hydrogens is 288 g/mol. The van der Waals surface area contributed by atoms with Crippen LogP contribution >= 0.6 is 0 Å². The molecule has 0 fully saturated rings. The molecule has 2 rings (SSSR count). The summed E-state index contributed by atoms with van der Waals surface area (Å²) in [4.78, 5) is 11.3. The van der Waals surface area contributed by atoms with E-state index in [4.69, 9.17) is 0 Å². The molecule has 0 spiro atoms. The molecule has 5 nitrogen and oxygen atoms in total. The number of hydrogen-bond donors (Lipinski definition) is 2. The van der Waals surface area contributed by atoms with Crippen molar-refractivity contribution >= 4 is 21.6 Å². The largest absolute Gasteiger partial charge is 0.326 e. The third-order valence-corrected chi connectivity index (χ3v) is 5.04. The van der Waals surface area contributed by atoms with E-state index in [0.717, 1.165) is 29.7 Å². The van der Waals surface area contributed by atoms with Gasteiger partial charge in [-0.2, -0.15) is 0 Å².